The molecule has 2 aliphatic rings. The lowest BCUT2D eigenvalue weighted by molar-refractivity contribution is -0.155. The van der Waals surface area contributed by atoms with Crippen molar-refractivity contribution in [1.29, 1.82) is 0 Å². The molecule has 0 saturated carbocycles. The molecule has 1 heterocycles. The fourth-order valence-electron chi connectivity index (χ4n) is 4.57. The van der Waals surface area contributed by atoms with Crippen LogP contribution in [0.5, 0.6) is 0 Å². The van der Waals surface area contributed by atoms with Gasteiger partial charge in [-0.15, -0.1) is 0 Å². The summed E-state index contributed by atoms with van der Waals surface area (Å²) >= 11 is 0. The number of nitrogens with one attached hydrogen (secondary N) is 1. The van der Waals surface area contributed by atoms with Crippen LogP contribution in [0.3, 0.4) is 0 Å². The van der Waals surface area contributed by atoms with E-state index in [1.54, 1.807) is 0 Å². The van der Waals surface area contributed by atoms with Crippen molar-refractivity contribution in [3.05, 3.63) is 59.7 Å². The maximum absolute atomic E-state index is 12.7. The van der Waals surface area contributed by atoms with Gasteiger partial charge in [0.1, 0.15) is 18.7 Å². The Morgan fingerprint density at radius 3 is 2.18 bits per heavy atom. The maximum atomic E-state index is 12.7. The minimum Gasteiger partial charge on any atom is -0.480 e. The second kappa shape index (κ2) is 9.54. The van der Waals surface area contributed by atoms with E-state index in [0.717, 1.165) is 22.3 Å². The fourth-order valence-corrected chi connectivity index (χ4v) is 4.57. The number of hydrogen-bond acceptors (Lipinski definition) is 5. The molecule has 0 radical (unpaired) electrons. The predicted molar refractivity (Wildman–Crippen MR) is 123 cm³/mol. The zero-order chi connectivity index (χ0) is 24.4. The van der Waals surface area contributed by atoms with E-state index in [-0.39, 0.29) is 32.2 Å². The molecule has 0 spiro atoms. The Balaban J connectivity index is 1.32. The first-order valence-electron chi connectivity index (χ1n) is 11.2. The Hall–Kier alpha value is -3.88. The highest BCUT2D eigenvalue weighted by Gasteiger charge is 2.35. The van der Waals surface area contributed by atoms with Gasteiger partial charge in [0.05, 0.1) is 6.54 Å². The Labute approximate surface area is 197 Å². The van der Waals surface area contributed by atoms with Crippen LogP contribution in [0.25, 0.3) is 11.1 Å². The number of alkyl carbamates (subject to hydrolysis) is 1. The number of rotatable bonds is 6. The molecule has 34 heavy (non-hydrogen) atoms. The number of aliphatic carboxylic acids is 1. The molecule has 2 atom stereocenters. The van der Waals surface area contributed by atoms with Crippen molar-refractivity contribution in [3.63, 3.8) is 0 Å². The van der Waals surface area contributed by atoms with Crippen molar-refractivity contribution in [2.45, 2.75) is 31.8 Å². The Bertz CT molecular complexity index is 1090. The molecule has 2 aromatic carbocycles. The Kier molecular flexibility index (Phi) is 6.54. The lowest BCUT2D eigenvalue weighted by Gasteiger charge is -2.37. The normalized spacial score (nSPS) is 16.9. The van der Waals surface area contributed by atoms with Gasteiger partial charge in [0, 0.05) is 19.0 Å². The summed E-state index contributed by atoms with van der Waals surface area (Å²) in [4.78, 5) is 51.2. The van der Waals surface area contributed by atoms with Gasteiger partial charge in [-0.1, -0.05) is 48.5 Å². The van der Waals surface area contributed by atoms with E-state index in [9.17, 15) is 19.2 Å². The average Bonchev–Trinajstić information content (AvgIpc) is 3.15. The van der Waals surface area contributed by atoms with Gasteiger partial charge in [-0.25, -0.2) is 9.59 Å². The number of hydrogen-bond donors (Lipinski definition) is 2. The minimum absolute atomic E-state index is 0.0916. The molecule has 1 saturated heterocycles. The number of carboxylic acids is 1. The molecule has 1 fully saturated rings. The highest BCUT2D eigenvalue weighted by Crippen LogP contribution is 2.44. The van der Waals surface area contributed by atoms with Gasteiger partial charge in [0.25, 0.3) is 0 Å². The summed E-state index contributed by atoms with van der Waals surface area (Å²) < 4.78 is 5.48. The number of piperazine rings is 1. The zero-order valence-electron chi connectivity index (χ0n) is 19.1. The molecule has 1 aliphatic heterocycles. The van der Waals surface area contributed by atoms with Crippen molar-refractivity contribution >= 4 is 23.9 Å². The third-order valence-electron chi connectivity index (χ3n) is 6.44. The number of carboxylic acid groups (broad SMARTS) is 1. The van der Waals surface area contributed by atoms with E-state index in [1.165, 1.54) is 23.6 Å². The molecule has 4 rings (SSSR count). The largest absolute Gasteiger partial charge is 0.480 e. The number of carbonyl (C=O) groups excluding carboxylic acids is 3. The van der Waals surface area contributed by atoms with Crippen LogP contribution in [-0.2, 0) is 19.1 Å². The summed E-state index contributed by atoms with van der Waals surface area (Å²) in [6.07, 6.45) is -0.716. The van der Waals surface area contributed by atoms with Crippen molar-refractivity contribution < 1.29 is 29.0 Å². The van der Waals surface area contributed by atoms with Crippen molar-refractivity contribution in [2.24, 2.45) is 0 Å². The van der Waals surface area contributed by atoms with Gasteiger partial charge < -0.3 is 25.0 Å². The van der Waals surface area contributed by atoms with E-state index in [0.29, 0.717) is 0 Å². The molecule has 0 bridgehead atoms. The summed E-state index contributed by atoms with van der Waals surface area (Å²) in [5, 5.41) is 11.7. The molecular weight excluding hydrogens is 438 g/mol. The van der Waals surface area contributed by atoms with Gasteiger partial charge in [-0.05, 0) is 36.1 Å². The molecule has 0 aromatic heterocycles. The molecular formula is C25H27N3O6. The van der Waals surface area contributed by atoms with Crippen LogP contribution >= 0.6 is 0 Å². The molecule has 1 unspecified atom stereocenters. The van der Waals surface area contributed by atoms with E-state index >= 15 is 0 Å². The summed E-state index contributed by atoms with van der Waals surface area (Å²) in [5.74, 6) is -2.06. The van der Waals surface area contributed by atoms with Gasteiger partial charge in [-0.3, -0.25) is 9.59 Å². The quantitative estimate of drug-likeness (QED) is 0.675. The van der Waals surface area contributed by atoms with Gasteiger partial charge in [0.2, 0.25) is 11.8 Å². The van der Waals surface area contributed by atoms with Crippen molar-refractivity contribution in [1.82, 2.24) is 15.1 Å². The van der Waals surface area contributed by atoms with Crippen LogP contribution in [0.1, 0.15) is 30.9 Å². The van der Waals surface area contributed by atoms with E-state index < -0.39 is 36.0 Å². The number of amides is 3. The number of nitrogens with zero attached hydrogens (tertiary/aromatic N) is 2. The molecule has 9 heteroatoms. The number of fused-ring (bicyclic) bond motifs is 3. The molecule has 9 nitrogen and oxygen atoms in total. The van der Waals surface area contributed by atoms with Crippen LogP contribution in [0.4, 0.5) is 4.79 Å². The lowest BCUT2D eigenvalue weighted by atomic mass is 9.98. The molecule has 2 aromatic rings. The third-order valence-corrected chi connectivity index (χ3v) is 6.44. The highest BCUT2D eigenvalue weighted by molar-refractivity contribution is 5.91. The number of carbonyl (C=O) groups is 4. The topological polar surface area (TPSA) is 116 Å². The smallest absolute Gasteiger partial charge is 0.407 e. The van der Waals surface area contributed by atoms with Gasteiger partial charge >= 0.3 is 12.1 Å². The molecule has 3 amide bonds. The first-order chi connectivity index (χ1) is 16.3. The van der Waals surface area contributed by atoms with Crippen LogP contribution in [0, 0.1) is 0 Å². The lowest BCUT2D eigenvalue weighted by Crippen LogP contribution is -2.59. The average molecular weight is 466 g/mol. The molecule has 178 valence electrons. The Morgan fingerprint density at radius 2 is 1.62 bits per heavy atom. The fraction of sp³-hybridized carbons (Fsp3) is 0.360. The monoisotopic (exact) mass is 465 g/mol. The van der Waals surface area contributed by atoms with Gasteiger partial charge in [0.15, 0.2) is 0 Å². The summed E-state index contributed by atoms with van der Waals surface area (Å²) in [7, 11) is 0. The SMILES string of the molecule is CC(C(=O)O)N1CCN(C(=O)[C@@H](C)NC(=O)OCC2c3ccccc3-c3ccccc32)CC1=O. The summed E-state index contributed by atoms with van der Waals surface area (Å²) in [5.41, 5.74) is 4.42. The predicted octanol–water partition coefficient (Wildman–Crippen LogP) is 2.06. The molecule has 2 N–H and O–H groups in total. The first-order valence-corrected chi connectivity index (χ1v) is 11.2. The van der Waals surface area contributed by atoms with Crippen LogP contribution < -0.4 is 5.32 Å². The van der Waals surface area contributed by atoms with Crippen LogP contribution in [-0.4, -0.2) is 77.1 Å². The van der Waals surface area contributed by atoms with Crippen LogP contribution in [0.15, 0.2) is 48.5 Å². The van der Waals surface area contributed by atoms with E-state index in [4.69, 9.17) is 9.84 Å². The highest BCUT2D eigenvalue weighted by atomic mass is 16.5. The van der Waals surface area contributed by atoms with Crippen molar-refractivity contribution in [3.8, 4) is 11.1 Å². The van der Waals surface area contributed by atoms with Crippen molar-refractivity contribution in [2.75, 3.05) is 26.2 Å². The maximum Gasteiger partial charge on any atom is 0.407 e. The minimum atomic E-state index is -1.10. The standard InChI is InChI=1S/C25H27N3O6/c1-15(23(30)27-11-12-28(22(29)13-27)16(2)24(31)32)26-25(33)34-14-21-19-9-5-3-7-17(19)18-8-4-6-10-20(18)21/h3-10,15-16,21H,11-14H2,1-2H3,(H,26,33)(H,31,32)/t15-,16?/m1/s1. The van der Waals surface area contributed by atoms with E-state index in [2.05, 4.69) is 5.32 Å². The van der Waals surface area contributed by atoms with Gasteiger partial charge in [-0.2, -0.15) is 0 Å². The second-order valence-electron chi connectivity index (χ2n) is 8.55. The number of ether oxygens (including phenoxy) is 1. The van der Waals surface area contributed by atoms with Crippen LogP contribution in [0.2, 0.25) is 0 Å². The second-order valence-corrected chi connectivity index (χ2v) is 8.55. The molecule has 1 aliphatic carbocycles. The first kappa shape index (κ1) is 23.3. The number of benzene rings is 2. The summed E-state index contributed by atoms with van der Waals surface area (Å²) in [6.45, 7) is 3.17. The zero-order valence-corrected chi connectivity index (χ0v) is 19.1. The summed E-state index contributed by atoms with van der Waals surface area (Å²) in [6, 6.07) is 14.2. The van der Waals surface area contributed by atoms with E-state index in [1.807, 2.05) is 48.5 Å². The third kappa shape index (κ3) is 4.46. The Morgan fingerprint density at radius 1 is 1.03 bits per heavy atom.